The van der Waals surface area contributed by atoms with Gasteiger partial charge in [0.2, 0.25) is 0 Å². The standard InChI is InChI=1S/C17H27N5OS/c1-10(14-9-22(17(5,6)7)21-11(14)2)19-16(23)18-8-15-12(3)24-13(4)20-15/h9-10H,8H2,1-7H3,(H2,18,19,23). The SMILES string of the molecule is Cc1nc(CNC(=O)NC(C)c2cn(C(C)(C)C)nc2C)c(C)s1. The summed E-state index contributed by atoms with van der Waals surface area (Å²) in [4.78, 5) is 17.7. The molecule has 7 heteroatoms. The van der Waals surface area contributed by atoms with E-state index >= 15 is 0 Å². The number of hydrogen-bond acceptors (Lipinski definition) is 4. The highest BCUT2D eigenvalue weighted by Gasteiger charge is 2.20. The van der Waals surface area contributed by atoms with Crippen molar-refractivity contribution in [3.05, 3.63) is 33.0 Å². The molecule has 0 aliphatic heterocycles. The van der Waals surface area contributed by atoms with E-state index in [0.717, 1.165) is 26.8 Å². The van der Waals surface area contributed by atoms with E-state index in [1.807, 2.05) is 38.6 Å². The lowest BCUT2D eigenvalue weighted by atomic mass is 10.1. The first kappa shape index (κ1) is 18.4. The van der Waals surface area contributed by atoms with Crippen LogP contribution >= 0.6 is 11.3 Å². The third kappa shape index (κ3) is 4.35. The molecule has 0 fully saturated rings. The molecule has 0 bridgehead atoms. The van der Waals surface area contributed by atoms with E-state index in [1.165, 1.54) is 0 Å². The zero-order valence-electron chi connectivity index (χ0n) is 15.5. The number of aromatic nitrogens is 3. The second-order valence-electron chi connectivity index (χ2n) is 7.07. The third-order valence-electron chi connectivity index (χ3n) is 3.85. The molecule has 2 aromatic heterocycles. The van der Waals surface area contributed by atoms with Gasteiger partial charge in [-0.2, -0.15) is 5.10 Å². The first-order valence-electron chi connectivity index (χ1n) is 8.12. The van der Waals surface area contributed by atoms with Crippen molar-refractivity contribution in [2.24, 2.45) is 0 Å². The molecule has 0 aliphatic rings. The Bertz CT molecular complexity index is 726. The van der Waals surface area contributed by atoms with Gasteiger partial charge >= 0.3 is 6.03 Å². The summed E-state index contributed by atoms with van der Waals surface area (Å²) in [6, 6.07) is -0.310. The smallest absolute Gasteiger partial charge is 0.315 e. The molecule has 0 saturated carbocycles. The summed E-state index contributed by atoms with van der Waals surface area (Å²) in [5.41, 5.74) is 2.81. The van der Waals surface area contributed by atoms with Crippen LogP contribution in [0.15, 0.2) is 6.20 Å². The third-order valence-corrected chi connectivity index (χ3v) is 4.78. The Morgan fingerprint density at radius 3 is 2.50 bits per heavy atom. The first-order valence-corrected chi connectivity index (χ1v) is 8.93. The molecule has 0 radical (unpaired) electrons. The van der Waals surface area contributed by atoms with Crippen LogP contribution < -0.4 is 10.6 Å². The number of carbonyl (C=O) groups is 1. The highest BCUT2D eigenvalue weighted by atomic mass is 32.1. The van der Waals surface area contributed by atoms with Gasteiger partial charge in [0.25, 0.3) is 0 Å². The van der Waals surface area contributed by atoms with E-state index in [2.05, 4.69) is 41.5 Å². The zero-order valence-corrected chi connectivity index (χ0v) is 16.3. The molecule has 1 unspecified atom stereocenters. The predicted molar refractivity (Wildman–Crippen MR) is 97.3 cm³/mol. The van der Waals surface area contributed by atoms with Gasteiger partial charge in [0.05, 0.1) is 34.5 Å². The number of urea groups is 1. The molecular formula is C17H27N5OS. The Labute approximate surface area is 147 Å². The summed E-state index contributed by atoms with van der Waals surface area (Å²) >= 11 is 1.64. The van der Waals surface area contributed by atoms with Gasteiger partial charge in [0.15, 0.2) is 0 Å². The summed E-state index contributed by atoms with van der Waals surface area (Å²) in [6.07, 6.45) is 2.01. The van der Waals surface area contributed by atoms with Crippen LogP contribution in [0, 0.1) is 20.8 Å². The molecule has 0 aromatic carbocycles. The second kappa shape index (κ2) is 6.93. The molecule has 2 aromatic rings. The van der Waals surface area contributed by atoms with Gasteiger partial charge in [-0.3, -0.25) is 4.68 Å². The van der Waals surface area contributed by atoms with Gasteiger partial charge in [0.1, 0.15) is 0 Å². The van der Waals surface area contributed by atoms with Crippen LogP contribution in [0.3, 0.4) is 0 Å². The van der Waals surface area contributed by atoms with Crippen LogP contribution in [-0.4, -0.2) is 20.8 Å². The summed E-state index contributed by atoms with van der Waals surface area (Å²) in [7, 11) is 0. The molecule has 1 atom stereocenters. The number of nitrogens with one attached hydrogen (secondary N) is 2. The molecule has 2 N–H and O–H groups in total. The summed E-state index contributed by atoms with van der Waals surface area (Å²) < 4.78 is 1.94. The van der Waals surface area contributed by atoms with Crippen molar-refractivity contribution < 1.29 is 4.79 Å². The fraction of sp³-hybridized carbons (Fsp3) is 0.588. The van der Waals surface area contributed by atoms with Crippen molar-refractivity contribution in [1.29, 1.82) is 0 Å². The van der Waals surface area contributed by atoms with Crippen molar-refractivity contribution in [2.75, 3.05) is 0 Å². The van der Waals surface area contributed by atoms with Crippen molar-refractivity contribution in [3.8, 4) is 0 Å². The summed E-state index contributed by atoms with van der Waals surface area (Å²) in [6.45, 7) is 14.7. The number of rotatable bonds is 4. The Hall–Kier alpha value is -1.89. The lowest BCUT2D eigenvalue weighted by Crippen LogP contribution is -2.37. The van der Waals surface area contributed by atoms with Crippen LogP contribution in [0.4, 0.5) is 4.79 Å². The van der Waals surface area contributed by atoms with Crippen molar-refractivity contribution in [2.45, 2.75) is 66.6 Å². The molecule has 2 amide bonds. The van der Waals surface area contributed by atoms with Crippen molar-refractivity contribution in [1.82, 2.24) is 25.4 Å². The maximum absolute atomic E-state index is 12.2. The maximum atomic E-state index is 12.2. The molecule has 0 spiro atoms. The Morgan fingerprint density at radius 1 is 1.33 bits per heavy atom. The van der Waals surface area contributed by atoms with Gasteiger partial charge in [-0.1, -0.05) is 0 Å². The van der Waals surface area contributed by atoms with Gasteiger partial charge < -0.3 is 10.6 Å². The van der Waals surface area contributed by atoms with Gasteiger partial charge in [-0.05, 0) is 48.5 Å². The van der Waals surface area contributed by atoms with E-state index in [1.54, 1.807) is 11.3 Å². The van der Waals surface area contributed by atoms with E-state index in [0.29, 0.717) is 6.54 Å². The van der Waals surface area contributed by atoms with E-state index in [-0.39, 0.29) is 17.6 Å². The summed E-state index contributed by atoms with van der Waals surface area (Å²) in [5.74, 6) is 0. The van der Waals surface area contributed by atoms with Crippen LogP contribution in [0.1, 0.15) is 60.6 Å². The van der Waals surface area contributed by atoms with E-state index < -0.39 is 0 Å². The highest BCUT2D eigenvalue weighted by molar-refractivity contribution is 7.11. The molecular weight excluding hydrogens is 322 g/mol. The largest absolute Gasteiger partial charge is 0.332 e. The molecule has 132 valence electrons. The minimum atomic E-state index is -0.199. The maximum Gasteiger partial charge on any atom is 0.315 e. The van der Waals surface area contributed by atoms with Gasteiger partial charge in [-0.25, -0.2) is 9.78 Å². The van der Waals surface area contributed by atoms with Crippen LogP contribution in [0.5, 0.6) is 0 Å². The second-order valence-corrected chi connectivity index (χ2v) is 8.48. The lowest BCUT2D eigenvalue weighted by Gasteiger charge is -2.19. The minimum absolute atomic E-state index is 0.0784. The van der Waals surface area contributed by atoms with Crippen molar-refractivity contribution in [3.63, 3.8) is 0 Å². The minimum Gasteiger partial charge on any atom is -0.332 e. The van der Waals surface area contributed by atoms with Crippen LogP contribution in [0.25, 0.3) is 0 Å². The highest BCUT2D eigenvalue weighted by Crippen LogP contribution is 2.21. The molecule has 2 heterocycles. The summed E-state index contributed by atoms with van der Waals surface area (Å²) in [5, 5.41) is 11.4. The molecule has 2 rings (SSSR count). The Kier molecular flexibility index (Phi) is 5.32. The topological polar surface area (TPSA) is 71.8 Å². The van der Waals surface area contributed by atoms with E-state index in [9.17, 15) is 4.79 Å². The Morgan fingerprint density at radius 2 is 2.00 bits per heavy atom. The molecule has 0 saturated heterocycles. The van der Waals surface area contributed by atoms with Crippen LogP contribution in [-0.2, 0) is 12.1 Å². The normalized spacial score (nSPS) is 13.0. The first-order chi connectivity index (χ1) is 11.1. The van der Waals surface area contributed by atoms with Gasteiger partial charge in [0, 0.05) is 16.6 Å². The Balaban J connectivity index is 1.96. The average Bonchev–Trinajstić information content (AvgIpc) is 2.98. The monoisotopic (exact) mass is 349 g/mol. The molecule has 0 aliphatic carbocycles. The fourth-order valence-electron chi connectivity index (χ4n) is 2.47. The van der Waals surface area contributed by atoms with Crippen molar-refractivity contribution >= 4 is 17.4 Å². The number of aryl methyl sites for hydroxylation is 3. The fourth-order valence-corrected chi connectivity index (χ4v) is 3.30. The van der Waals surface area contributed by atoms with Crippen LogP contribution in [0.2, 0.25) is 0 Å². The average molecular weight is 350 g/mol. The quantitative estimate of drug-likeness (QED) is 0.886. The predicted octanol–water partition coefficient (Wildman–Crippen LogP) is 3.58. The number of amides is 2. The zero-order chi connectivity index (χ0) is 18.1. The number of thiazole rings is 1. The molecule has 6 nitrogen and oxygen atoms in total. The van der Waals surface area contributed by atoms with E-state index in [4.69, 9.17) is 0 Å². The number of nitrogens with zero attached hydrogens (tertiary/aromatic N) is 3. The number of carbonyl (C=O) groups excluding carboxylic acids is 1. The number of hydrogen-bond donors (Lipinski definition) is 2. The molecule has 24 heavy (non-hydrogen) atoms. The lowest BCUT2D eigenvalue weighted by molar-refractivity contribution is 0.237. The van der Waals surface area contributed by atoms with Gasteiger partial charge in [-0.15, -0.1) is 11.3 Å².